The summed E-state index contributed by atoms with van der Waals surface area (Å²) in [6.45, 7) is 7.84. The molecule has 2 N–H and O–H groups in total. The maximum Gasteiger partial charge on any atom is 0.223 e. The number of rotatable bonds is 5. The summed E-state index contributed by atoms with van der Waals surface area (Å²) in [5.74, 6) is 3.38. The summed E-state index contributed by atoms with van der Waals surface area (Å²) < 4.78 is 5.13. The number of hydrogen-bond donors (Lipinski definition) is 2. The maximum absolute atomic E-state index is 11.6. The molecule has 1 fully saturated rings. The van der Waals surface area contributed by atoms with Gasteiger partial charge in [0.15, 0.2) is 0 Å². The highest BCUT2D eigenvalue weighted by Gasteiger charge is 2.27. The fourth-order valence-electron chi connectivity index (χ4n) is 2.67. The Morgan fingerprint density at radius 1 is 1.48 bits per heavy atom. The van der Waals surface area contributed by atoms with Crippen LogP contribution >= 0.6 is 0 Å². The second-order valence-electron chi connectivity index (χ2n) is 7.69. The summed E-state index contributed by atoms with van der Waals surface area (Å²) >= 11 is 0. The molecule has 1 aliphatic heterocycles. The minimum Gasteiger partial charge on any atom is -0.496 e. The molecule has 6 nitrogen and oxygen atoms in total. The van der Waals surface area contributed by atoms with E-state index < -0.39 is 0 Å². The number of aliphatic hydroxyl groups is 1. The van der Waals surface area contributed by atoms with E-state index in [1.54, 1.807) is 18.1 Å². The highest BCUT2D eigenvalue weighted by molar-refractivity contribution is 5.77. The number of nitrogens with zero attached hydrogens (tertiary/aromatic N) is 1. The van der Waals surface area contributed by atoms with Crippen LogP contribution in [-0.4, -0.2) is 48.6 Å². The molecule has 0 saturated carbocycles. The third-order valence-electron chi connectivity index (χ3n) is 4.03. The fourth-order valence-corrected chi connectivity index (χ4v) is 2.67. The van der Waals surface area contributed by atoms with Gasteiger partial charge in [-0.2, -0.15) is 0 Å². The average Bonchev–Trinajstić information content (AvgIpc) is 3.05. The van der Waals surface area contributed by atoms with Crippen molar-refractivity contribution in [1.82, 2.24) is 10.2 Å². The van der Waals surface area contributed by atoms with Crippen LogP contribution in [0.2, 0.25) is 0 Å². The summed E-state index contributed by atoms with van der Waals surface area (Å²) in [7, 11) is 1.57. The lowest BCUT2D eigenvalue weighted by atomic mass is 9.92. The van der Waals surface area contributed by atoms with Crippen LogP contribution in [0.4, 0.5) is 0 Å². The van der Waals surface area contributed by atoms with E-state index in [1.807, 2.05) is 12.1 Å². The number of nitrogens with one attached hydrogen (secondary N) is 1. The lowest BCUT2D eigenvalue weighted by molar-refractivity contribution is -0.132. The number of methoxy groups -OCH3 is 1. The molecule has 27 heavy (non-hydrogen) atoms. The van der Waals surface area contributed by atoms with Crippen LogP contribution in [-0.2, 0) is 16.1 Å². The van der Waals surface area contributed by atoms with Crippen LogP contribution in [0.15, 0.2) is 18.2 Å². The van der Waals surface area contributed by atoms with E-state index in [1.165, 1.54) is 0 Å². The summed E-state index contributed by atoms with van der Waals surface area (Å²) in [5, 5.41) is 11.8. The van der Waals surface area contributed by atoms with Crippen LogP contribution in [0.3, 0.4) is 0 Å². The highest BCUT2D eigenvalue weighted by atomic mass is 16.5. The molecule has 148 valence electrons. The van der Waals surface area contributed by atoms with Crippen molar-refractivity contribution >= 4 is 12.3 Å². The Hall–Kier alpha value is -2.52. The molecule has 0 radical (unpaired) electrons. The van der Waals surface area contributed by atoms with Gasteiger partial charge in [-0.15, -0.1) is 6.42 Å². The Balaban J connectivity index is 0.000000271. The van der Waals surface area contributed by atoms with Gasteiger partial charge in [0.25, 0.3) is 0 Å². The number of aliphatic hydroxyl groups excluding tert-OH is 1. The minimum atomic E-state index is -0.302. The monoisotopic (exact) mass is 374 g/mol. The number of likely N-dealkylation sites (tertiary alicyclic amines) is 1. The average molecular weight is 374 g/mol. The van der Waals surface area contributed by atoms with Crippen molar-refractivity contribution in [2.45, 2.75) is 46.3 Å². The largest absolute Gasteiger partial charge is 0.496 e. The van der Waals surface area contributed by atoms with Crippen molar-refractivity contribution in [1.29, 1.82) is 0 Å². The fraction of sp³-hybridized carbons (Fsp3) is 0.524. The Kier molecular flexibility index (Phi) is 8.83. The Labute approximate surface area is 161 Å². The normalized spacial score (nSPS) is 16.0. The first-order chi connectivity index (χ1) is 12.7. The van der Waals surface area contributed by atoms with E-state index >= 15 is 0 Å². The van der Waals surface area contributed by atoms with Gasteiger partial charge in [0.05, 0.1) is 13.2 Å². The van der Waals surface area contributed by atoms with Gasteiger partial charge in [-0.3, -0.25) is 9.59 Å². The smallest absolute Gasteiger partial charge is 0.223 e. The molecule has 0 aliphatic carbocycles. The van der Waals surface area contributed by atoms with E-state index in [0.29, 0.717) is 31.7 Å². The summed E-state index contributed by atoms with van der Waals surface area (Å²) in [6.07, 6.45) is 6.89. The first kappa shape index (κ1) is 22.5. The van der Waals surface area contributed by atoms with E-state index in [-0.39, 0.29) is 17.4 Å². The predicted octanol–water partition coefficient (Wildman–Crippen LogP) is 1.94. The molecule has 1 atom stereocenters. The van der Waals surface area contributed by atoms with Crippen LogP contribution in [0.25, 0.3) is 0 Å². The van der Waals surface area contributed by atoms with Crippen molar-refractivity contribution in [3.05, 3.63) is 29.3 Å². The Bertz CT molecular complexity index is 674. The molecular formula is C21H30N2O4. The third-order valence-corrected chi connectivity index (χ3v) is 4.03. The summed E-state index contributed by atoms with van der Waals surface area (Å²) in [6, 6.07) is 5.41. The molecule has 2 amide bonds. The highest BCUT2D eigenvalue weighted by Crippen LogP contribution is 2.21. The lowest BCUT2D eigenvalue weighted by Gasteiger charge is -2.22. The van der Waals surface area contributed by atoms with E-state index in [2.05, 4.69) is 32.0 Å². The van der Waals surface area contributed by atoms with E-state index in [0.717, 1.165) is 24.1 Å². The van der Waals surface area contributed by atoms with Gasteiger partial charge in [-0.25, -0.2) is 0 Å². The number of β-amino-alcohol motifs (C(OH)–C–C–N with tert-alkyl or cyclic N) is 1. The first-order valence-electron chi connectivity index (χ1n) is 8.96. The van der Waals surface area contributed by atoms with Gasteiger partial charge in [-0.05, 0) is 24.0 Å². The molecule has 1 aromatic carbocycles. The number of benzene rings is 1. The van der Waals surface area contributed by atoms with Gasteiger partial charge >= 0.3 is 0 Å². The zero-order valence-corrected chi connectivity index (χ0v) is 16.6. The number of terminal acetylenes is 1. The van der Waals surface area contributed by atoms with Crippen molar-refractivity contribution in [3.63, 3.8) is 0 Å². The van der Waals surface area contributed by atoms with Crippen LogP contribution in [0, 0.1) is 17.8 Å². The predicted molar refractivity (Wildman–Crippen MR) is 105 cm³/mol. The number of hydrogen-bond acceptors (Lipinski definition) is 4. The Morgan fingerprint density at radius 2 is 2.19 bits per heavy atom. The molecule has 1 unspecified atom stereocenters. The van der Waals surface area contributed by atoms with Crippen molar-refractivity contribution in [2.24, 2.45) is 5.41 Å². The Morgan fingerprint density at radius 3 is 2.67 bits per heavy atom. The third kappa shape index (κ3) is 8.14. The number of ether oxygens (including phenoxy) is 1. The molecule has 1 heterocycles. The van der Waals surface area contributed by atoms with Gasteiger partial charge in [0, 0.05) is 37.2 Å². The molecule has 0 aromatic heterocycles. The molecule has 1 aromatic rings. The zero-order chi connectivity index (χ0) is 20.4. The standard InChI is InChI=1S/C11H11NO2.C10H19NO2/c1-3-9-4-5-10(7-12-8-13)11(6-9)14-2;1-10(2,3)6-9(13)11-5-4-8(12)7-11/h1,4-6,8H,7H2,2H3,(H,12,13);8,12H,4-7H2,1-3H3. The maximum atomic E-state index is 11.6. The second-order valence-corrected chi connectivity index (χ2v) is 7.69. The van der Waals surface area contributed by atoms with Crippen LogP contribution in [0.5, 0.6) is 5.75 Å². The van der Waals surface area contributed by atoms with Crippen molar-refractivity contribution in [2.75, 3.05) is 20.2 Å². The number of carbonyl (C=O) groups is 2. The van der Waals surface area contributed by atoms with Gasteiger partial charge < -0.3 is 20.1 Å². The van der Waals surface area contributed by atoms with Gasteiger partial charge in [0.1, 0.15) is 5.75 Å². The molecule has 2 rings (SSSR count). The quantitative estimate of drug-likeness (QED) is 0.610. The summed E-state index contributed by atoms with van der Waals surface area (Å²) in [5.41, 5.74) is 1.71. The van der Waals surface area contributed by atoms with E-state index in [4.69, 9.17) is 11.2 Å². The lowest BCUT2D eigenvalue weighted by Crippen LogP contribution is -2.32. The number of carbonyl (C=O) groups excluding carboxylic acids is 2. The molecule has 1 aliphatic rings. The molecule has 6 heteroatoms. The van der Waals surface area contributed by atoms with Crippen molar-refractivity contribution in [3.8, 4) is 18.1 Å². The van der Waals surface area contributed by atoms with E-state index in [9.17, 15) is 14.7 Å². The van der Waals surface area contributed by atoms with Gasteiger partial charge in [-0.1, -0.05) is 32.8 Å². The molecule has 1 saturated heterocycles. The molecule has 0 bridgehead atoms. The zero-order valence-electron chi connectivity index (χ0n) is 16.6. The van der Waals surface area contributed by atoms with Crippen molar-refractivity contribution < 1.29 is 19.4 Å². The number of amides is 2. The minimum absolute atomic E-state index is 0.0463. The first-order valence-corrected chi connectivity index (χ1v) is 8.96. The topological polar surface area (TPSA) is 78.9 Å². The van der Waals surface area contributed by atoms with Crippen LogP contribution in [0.1, 0.15) is 44.7 Å². The molecular weight excluding hydrogens is 344 g/mol. The van der Waals surface area contributed by atoms with Gasteiger partial charge in [0.2, 0.25) is 12.3 Å². The molecule has 0 spiro atoms. The second kappa shape index (κ2) is 10.6. The van der Waals surface area contributed by atoms with Crippen LogP contribution < -0.4 is 10.1 Å². The summed E-state index contributed by atoms with van der Waals surface area (Å²) in [4.78, 5) is 23.5. The SMILES string of the molecule is C#Cc1ccc(CNC=O)c(OC)c1.CC(C)(C)CC(=O)N1CCC(O)C1.